The van der Waals surface area contributed by atoms with Gasteiger partial charge in [0, 0.05) is 0 Å². The van der Waals surface area contributed by atoms with E-state index in [0.29, 0.717) is 24.2 Å². The van der Waals surface area contributed by atoms with Crippen molar-refractivity contribution < 1.29 is 34.2 Å². The molecule has 2 aliphatic rings. The fourth-order valence-electron chi connectivity index (χ4n) is 6.95. The summed E-state index contributed by atoms with van der Waals surface area (Å²) in [6.07, 6.45) is 22.3. The fraction of sp³-hybridized carbons (Fsp3) is 0.222. The molecule has 43 heavy (non-hydrogen) atoms. The van der Waals surface area contributed by atoms with E-state index in [1.54, 1.807) is 0 Å². The summed E-state index contributed by atoms with van der Waals surface area (Å²) < 4.78 is 69.6. The molecule has 6 rings (SSSR count). The Labute approximate surface area is 253 Å². The van der Waals surface area contributed by atoms with E-state index in [9.17, 15) is 0 Å². The van der Waals surface area contributed by atoms with Crippen LogP contribution in [0.3, 0.4) is 0 Å². The molecule has 0 bridgehead atoms. The molecule has 2 aromatic carbocycles. The normalized spacial score (nSPS) is 16.5. The first-order valence-corrected chi connectivity index (χ1v) is 18.1. The molecule has 0 saturated carbocycles. The number of hydrogen-bond acceptors (Lipinski definition) is 0. The van der Waals surface area contributed by atoms with Crippen LogP contribution in [0.2, 0.25) is 8.45 Å². The van der Waals surface area contributed by atoms with Crippen LogP contribution in [-0.4, -0.2) is 9.13 Å². The van der Waals surface area contributed by atoms with E-state index in [0.717, 1.165) is 0 Å². The molecule has 2 aromatic heterocycles. The number of rotatable bonds is 10. The predicted molar refractivity (Wildman–Crippen MR) is 162 cm³/mol. The molecule has 0 radical (unpaired) electrons. The summed E-state index contributed by atoms with van der Waals surface area (Å²) in [6.45, 7) is 4.75. The first-order valence-electron chi connectivity index (χ1n) is 14.7. The summed E-state index contributed by atoms with van der Waals surface area (Å²) in [6, 6.07) is 13.1. The van der Waals surface area contributed by atoms with E-state index < -0.39 is 48.3 Å². The van der Waals surface area contributed by atoms with Crippen LogP contribution in [0.5, 0.6) is 0 Å². The summed E-state index contributed by atoms with van der Waals surface area (Å²) >= 11 is -4.82. The number of nitrogens with zero attached hydrogens (tertiary/aromatic N) is 2. The molecule has 4 aromatic rings. The number of aromatic nitrogens is 2. The first kappa shape index (κ1) is 29.5. The second-order valence-electron chi connectivity index (χ2n) is 11.7. The molecule has 0 spiro atoms. The summed E-state index contributed by atoms with van der Waals surface area (Å²) in [5.41, 5.74) is 0.685. The average molecular weight is 619 g/mol. The zero-order valence-corrected chi connectivity index (χ0v) is 25.7. The van der Waals surface area contributed by atoms with Crippen LogP contribution >= 0.6 is 0 Å². The van der Waals surface area contributed by atoms with Gasteiger partial charge >= 0.3 is 255 Å². The standard InChI is InChI=1S/2C13H12F2N.2C5H5.Ti/c2*1-10(9-16-6-2-3-7-16)12-5-4-11(14)8-13(12)15;2*1-2-4-5-3-1;/h2*2-7,10H,9H2,1H3;2*1-5H;. The zero-order valence-electron chi connectivity index (χ0n) is 24.2. The van der Waals surface area contributed by atoms with Gasteiger partial charge in [0.05, 0.1) is 0 Å². The summed E-state index contributed by atoms with van der Waals surface area (Å²) in [5.74, 6) is -3.49. The Balaban J connectivity index is 1.61. The molecule has 0 aliphatic heterocycles. The minimum atomic E-state index is -4.82. The van der Waals surface area contributed by atoms with Crippen LogP contribution in [0.15, 0.2) is 122 Å². The molecule has 2 atom stereocenters. The molecule has 0 fully saturated rings. The second kappa shape index (κ2) is 12.2. The van der Waals surface area contributed by atoms with Crippen molar-refractivity contribution in [2.24, 2.45) is 0 Å². The van der Waals surface area contributed by atoms with Crippen LogP contribution in [0.1, 0.15) is 36.8 Å². The van der Waals surface area contributed by atoms with Gasteiger partial charge in [-0.05, 0) is 0 Å². The monoisotopic (exact) mass is 618 g/mol. The van der Waals surface area contributed by atoms with E-state index >= 15 is 17.6 Å². The molecule has 2 heterocycles. The van der Waals surface area contributed by atoms with E-state index in [1.165, 1.54) is 24.3 Å². The molecule has 2 nitrogen and oxygen atoms in total. The Kier molecular flexibility index (Phi) is 8.35. The van der Waals surface area contributed by atoms with Crippen molar-refractivity contribution in [3.05, 3.63) is 156 Å². The third-order valence-electron chi connectivity index (χ3n) is 8.98. The van der Waals surface area contributed by atoms with Crippen molar-refractivity contribution in [2.45, 2.75) is 47.2 Å². The van der Waals surface area contributed by atoms with Crippen molar-refractivity contribution in [1.82, 2.24) is 9.13 Å². The van der Waals surface area contributed by atoms with Crippen molar-refractivity contribution in [2.75, 3.05) is 0 Å². The Bertz CT molecular complexity index is 1560. The van der Waals surface area contributed by atoms with Gasteiger partial charge in [0.1, 0.15) is 0 Å². The van der Waals surface area contributed by atoms with Crippen LogP contribution in [-0.2, 0) is 29.7 Å². The van der Waals surface area contributed by atoms with Gasteiger partial charge in [0.25, 0.3) is 0 Å². The van der Waals surface area contributed by atoms with E-state index in [-0.39, 0.29) is 19.6 Å². The third-order valence-corrected chi connectivity index (χ3v) is 17.5. The van der Waals surface area contributed by atoms with Crippen LogP contribution < -0.4 is 7.74 Å². The Morgan fingerprint density at radius 2 is 0.930 bits per heavy atom. The Morgan fingerprint density at radius 1 is 0.581 bits per heavy atom. The maximum absolute atomic E-state index is 17.1. The fourth-order valence-corrected chi connectivity index (χ4v) is 15.8. The van der Waals surface area contributed by atoms with Crippen molar-refractivity contribution in [3.63, 3.8) is 0 Å². The molecule has 7 heteroatoms. The quantitative estimate of drug-likeness (QED) is 0.125. The SMILES string of the molecule is CC(Cn1cccc1)c1ccc(F)[c]([Ti]([c]2c(F)ccc(C(C)Cn3cccc3)c2F)([CH]2C=CC=C2)[CH]2C=CC=C2)c1F. The summed E-state index contributed by atoms with van der Waals surface area (Å²) in [4.78, 5) is 0. The van der Waals surface area contributed by atoms with Crippen LogP contribution in [0.4, 0.5) is 17.6 Å². The van der Waals surface area contributed by atoms with E-state index in [1.807, 2.05) is 121 Å². The van der Waals surface area contributed by atoms with Gasteiger partial charge in [-0.25, -0.2) is 0 Å². The molecule has 220 valence electrons. The van der Waals surface area contributed by atoms with Crippen molar-refractivity contribution in [3.8, 4) is 0 Å². The van der Waals surface area contributed by atoms with Gasteiger partial charge in [-0.1, -0.05) is 0 Å². The van der Waals surface area contributed by atoms with Gasteiger partial charge in [0.15, 0.2) is 0 Å². The number of halogens is 4. The van der Waals surface area contributed by atoms with Crippen LogP contribution in [0.25, 0.3) is 0 Å². The average Bonchev–Trinajstić information content (AvgIpc) is 3.81. The van der Waals surface area contributed by atoms with Gasteiger partial charge in [0.2, 0.25) is 0 Å². The van der Waals surface area contributed by atoms with Gasteiger partial charge < -0.3 is 0 Å². The molecule has 0 N–H and O–H groups in total. The van der Waals surface area contributed by atoms with Crippen molar-refractivity contribution >= 4 is 7.74 Å². The van der Waals surface area contributed by atoms with Crippen LogP contribution in [0, 0.1) is 23.3 Å². The molecule has 0 saturated heterocycles. The van der Waals surface area contributed by atoms with E-state index in [4.69, 9.17) is 0 Å². The molecular weight excluding hydrogens is 584 g/mol. The van der Waals surface area contributed by atoms with Gasteiger partial charge in [-0.3, -0.25) is 0 Å². The topological polar surface area (TPSA) is 9.86 Å². The summed E-state index contributed by atoms with van der Waals surface area (Å²) in [5, 5.41) is 0. The predicted octanol–water partition coefficient (Wildman–Crippen LogP) is 8.39. The molecule has 2 aliphatic carbocycles. The Morgan fingerprint density at radius 3 is 1.28 bits per heavy atom. The van der Waals surface area contributed by atoms with Gasteiger partial charge in [-0.15, -0.1) is 0 Å². The third kappa shape index (κ3) is 5.25. The Hall–Kier alpha value is -3.61. The summed E-state index contributed by atoms with van der Waals surface area (Å²) in [7, 11) is 0. The number of benzene rings is 2. The van der Waals surface area contributed by atoms with Crippen molar-refractivity contribution in [1.29, 1.82) is 0 Å². The molecule has 2 unspecified atom stereocenters. The minimum absolute atomic E-state index is 0.132. The zero-order chi connectivity index (χ0) is 30.1. The number of hydrogen-bond donors (Lipinski definition) is 0. The second-order valence-corrected chi connectivity index (χ2v) is 18.0. The molecular formula is C36H34F4N2Ti. The molecule has 0 amide bonds. The van der Waals surface area contributed by atoms with E-state index in [2.05, 4.69) is 0 Å². The first-order chi connectivity index (χ1) is 20.8. The van der Waals surface area contributed by atoms with Gasteiger partial charge in [-0.2, -0.15) is 0 Å². The number of allylic oxidation sites excluding steroid dienone is 8. The maximum atomic E-state index is 17.1.